The Morgan fingerprint density at radius 2 is 0.754 bits per heavy atom. The predicted molar refractivity (Wildman–Crippen MR) is 251 cm³/mol. The molecule has 1 unspecified atom stereocenters. The smallest absolute Gasteiger partial charge is 0.164 e. The summed E-state index contributed by atoms with van der Waals surface area (Å²) < 4.78 is 0. The zero-order valence-corrected chi connectivity index (χ0v) is 33.2. The average molecular weight is 776 g/mol. The van der Waals surface area contributed by atoms with E-state index in [1.165, 1.54) is 76.8 Å². The zero-order valence-electron chi connectivity index (χ0n) is 33.2. The molecule has 1 aliphatic rings. The molecule has 0 N–H and O–H groups in total. The molecule has 0 saturated carbocycles. The lowest BCUT2D eigenvalue weighted by Gasteiger charge is -2.36. The Bertz CT molecular complexity index is 3350. The molecule has 0 aliphatic heterocycles. The maximum atomic E-state index is 5.21. The van der Waals surface area contributed by atoms with E-state index in [1.54, 1.807) is 0 Å². The Labute approximate surface area is 354 Å². The highest BCUT2D eigenvalue weighted by Crippen LogP contribution is 2.60. The first-order valence-corrected chi connectivity index (χ1v) is 20.9. The summed E-state index contributed by atoms with van der Waals surface area (Å²) in [4.78, 5) is 15.5. The van der Waals surface area contributed by atoms with Crippen LogP contribution in [-0.2, 0) is 5.41 Å². The molecular weight excluding hydrogens is 739 g/mol. The van der Waals surface area contributed by atoms with Crippen LogP contribution in [0, 0.1) is 0 Å². The molecule has 3 nitrogen and oxygen atoms in total. The molecule has 12 rings (SSSR count). The fourth-order valence-corrected chi connectivity index (χ4v) is 10.0. The molecule has 0 bridgehead atoms. The largest absolute Gasteiger partial charge is 0.208 e. The van der Waals surface area contributed by atoms with Crippen molar-refractivity contribution >= 4 is 32.3 Å². The van der Waals surface area contributed by atoms with E-state index in [0.29, 0.717) is 17.5 Å². The van der Waals surface area contributed by atoms with Crippen LogP contribution in [0.15, 0.2) is 224 Å². The molecule has 3 heteroatoms. The van der Waals surface area contributed by atoms with Gasteiger partial charge in [0.15, 0.2) is 17.5 Å². The van der Waals surface area contributed by atoms with Crippen molar-refractivity contribution in [3.63, 3.8) is 0 Å². The van der Waals surface area contributed by atoms with Gasteiger partial charge in [-0.25, -0.2) is 15.0 Å². The number of nitrogens with zero attached hydrogens (tertiary/aromatic N) is 3. The van der Waals surface area contributed by atoms with Gasteiger partial charge in [-0.05, 0) is 82.9 Å². The van der Waals surface area contributed by atoms with E-state index >= 15 is 0 Å². The Balaban J connectivity index is 1.21. The van der Waals surface area contributed by atoms with Crippen LogP contribution in [0.25, 0.3) is 88.7 Å². The van der Waals surface area contributed by atoms with Crippen LogP contribution in [0.2, 0.25) is 0 Å². The summed E-state index contributed by atoms with van der Waals surface area (Å²) in [5, 5.41) is 7.37. The van der Waals surface area contributed by atoms with E-state index in [4.69, 9.17) is 15.0 Å². The van der Waals surface area contributed by atoms with Crippen molar-refractivity contribution in [3.05, 3.63) is 247 Å². The second-order valence-corrected chi connectivity index (χ2v) is 15.8. The molecule has 1 aromatic heterocycles. The average Bonchev–Trinajstić information content (AvgIpc) is 3.63. The van der Waals surface area contributed by atoms with E-state index < -0.39 is 5.41 Å². The van der Waals surface area contributed by atoms with Gasteiger partial charge in [0.2, 0.25) is 0 Å². The molecule has 0 saturated heterocycles. The maximum Gasteiger partial charge on any atom is 0.164 e. The Kier molecular flexibility index (Phi) is 8.07. The highest BCUT2D eigenvalue weighted by molar-refractivity contribution is 6.20. The lowest BCUT2D eigenvalue weighted by molar-refractivity contribution is 0.784. The summed E-state index contributed by atoms with van der Waals surface area (Å²) in [5.41, 5.74) is 12.0. The topological polar surface area (TPSA) is 38.7 Å². The van der Waals surface area contributed by atoms with Gasteiger partial charge < -0.3 is 0 Å². The van der Waals surface area contributed by atoms with Crippen LogP contribution < -0.4 is 0 Å². The summed E-state index contributed by atoms with van der Waals surface area (Å²) in [5.74, 6) is 1.92. The van der Waals surface area contributed by atoms with Crippen LogP contribution in [0.3, 0.4) is 0 Å². The van der Waals surface area contributed by atoms with Gasteiger partial charge in [-0.2, -0.15) is 0 Å². The van der Waals surface area contributed by atoms with Gasteiger partial charge in [0, 0.05) is 16.7 Å². The normalized spacial score (nSPS) is 14.3. The van der Waals surface area contributed by atoms with Gasteiger partial charge in [0.1, 0.15) is 0 Å². The highest BCUT2D eigenvalue weighted by atomic mass is 15.0. The number of hydrogen-bond donors (Lipinski definition) is 0. The number of aromatic nitrogens is 3. The summed E-state index contributed by atoms with van der Waals surface area (Å²) >= 11 is 0. The molecule has 10 aromatic carbocycles. The SMILES string of the molecule is c1ccc(-c2nc(-c3ccccc3)nc(-c3ccc4c(c3)C(c3ccccc3)(c3c5ccccc5c(-c5cccc6ccccc56)c5ccccc35)c3ccccc3-4)n2)cc1. The minimum Gasteiger partial charge on any atom is -0.208 e. The number of benzene rings is 10. The van der Waals surface area contributed by atoms with Crippen LogP contribution >= 0.6 is 0 Å². The Morgan fingerprint density at radius 3 is 1.39 bits per heavy atom. The number of rotatable bonds is 6. The van der Waals surface area contributed by atoms with Crippen molar-refractivity contribution in [2.75, 3.05) is 0 Å². The number of hydrogen-bond acceptors (Lipinski definition) is 3. The Hall–Kier alpha value is -8.01. The third-order valence-corrected chi connectivity index (χ3v) is 12.6. The zero-order chi connectivity index (χ0) is 40.3. The monoisotopic (exact) mass is 775 g/mol. The standard InChI is InChI=1S/C58H37N3/c1-4-20-39(21-5-1)55-59-56(40-22-6-2-7-23-40)61-57(60-55)41-35-36-45-44-28-16-17-34-51(44)58(52(45)37-41,42-25-8-3-9-26-42)54-49-31-14-12-29-47(49)53(48-30-13-15-32-50(48)54)46-33-18-24-38-19-10-11-27-43(38)46/h1-37H. The van der Waals surface area contributed by atoms with Gasteiger partial charge >= 0.3 is 0 Å². The predicted octanol–water partition coefficient (Wildman–Crippen LogP) is 14.4. The molecule has 11 aromatic rings. The summed E-state index contributed by atoms with van der Waals surface area (Å²) in [6.45, 7) is 0. The lowest BCUT2D eigenvalue weighted by Crippen LogP contribution is -2.29. The van der Waals surface area contributed by atoms with Gasteiger partial charge in [-0.3, -0.25) is 0 Å². The van der Waals surface area contributed by atoms with Gasteiger partial charge in [0.05, 0.1) is 5.41 Å². The van der Waals surface area contributed by atoms with Crippen molar-refractivity contribution in [1.29, 1.82) is 0 Å². The van der Waals surface area contributed by atoms with E-state index in [0.717, 1.165) is 16.7 Å². The molecular formula is C58H37N3. The second-order valence-electron chi connectivity index (χ2n) is 15.8. The van der Waals surface area contributed by atoms with Crippen molar-refractivity contribution in [2.24, 2.45) is 0 Å². The fourth-order valence-electron chi connectivity index (χ4n) is 10.0. The summed E-state index contributed by atoms with van der Waals surface area (Å²) in [6, 6.07) is 80.9. The van der Waals surface area contributed by atoms with Crippen molar-refractivity contribution in [3.8, 4) is 56.4 Å². The van der Waals surface area contributed by atoms with Gasteiger partial charge in [-0.1, -0.05) is 218 Å². The molecule has 0 radical (unpaired) electrons. The van der Waals surface area contributed by atoms with E-state index in [9.17, 15) is 0 Å². The summed E-state index contributed by atoms with van der Waals surface area (Å²) in [6.07, 6.45) is 0. The quantitative estimate of drug-likeness (QED) is 0.158. The summed E-state index contributed by atoms with van der Waals surface area (Å²) in [7, 11) is 0. The van der Waals surface area contributed by atoms with Crippen molar-refractivity contribution in [2.45, 2.75) is 5.41 Å². The third kappa shape index (κ3) is 5.41. The van der Waals surface area contributed by atoms with Crippen LogP contribution in [0.4, 0.5) is 0 Å². The van der Waals surface area contributed by atoms with E-state index in [1.807, 2.05) is 36.4 Å². The van der Waals surface area contributed by atoms with E-state index in [-0.39, 0.29) is 0 Å². The number of fused-ring (bicyclic) bond motifs is 6. The van der Waals surface area contributed by atoms with Crippen LogP contribution in [0.5, 0.6) is 0 Å². The minimum absolute atomic E-state index is 0.634. The van der Waals surface area contributed by atoms with Crippen molar-refractivity contribution in [1.82, 2.24) is 15.0 Å². The van der Waals surface area contributed by atoms with Crippen molar-refractivity contribution < 1.29 is 0 Å². The van der Waals surface area contributed by atoms with Gasteiger partial charge in [0.25, 0.3) is 0 Å². The Morgan fingerprint density at radius 1 is 0.295 bits per heavy atom. The van der Waals surface area contributed by atoms with Crippen LogP contribution in [-0.4, -0.2) is 15.0 Å². The first kappa shape index (κ1) is 35.0. The molecule has 0 spiro atoms. The molecule has 1 heterocycles. The molecule has 0 amide bonds. The fraction of sp³-hybridized carbons (Fsp3) is 0.0172. The minimum atomic E-state index is -0.711. The molecule has 284 valence electrons. The maximum absolute atomic E-state index is 5.21. The first-order chi connectivity index (χ1) is 30.3. The molecule has 0 fully saturated rings. The van der Waals surface area contributed by atoms with Gasteiger partial charge in [-0.15, -0.1) is 0 Å². The first-order valence-electron chi connectivity index (χ1n) is 20.9. The van der Waals surface area contributed by atoms with E-state index in [2.05, 4.69) is 188 Å². The molecule has 61 heavy (non-hydrogen) atoms. The van der Waals surface area contributed by atoms with Crippen LogP contribution in [0.1, 0.15) is 22.3 Å². The third-order valence-electron chi connectivity index (χ3n) is 12.6. The lowest BCUT2D eigenvalue weighted by atomic mass is 9.64. The molecule has 1 atom stereocenters. The second kappa shape index (κ2) is 14.1. The molecule has 1 aliphatic carbocycles. The highest BCUT2D eigenvalue weighted by Gasteiger charge is 2.48.